The van der Waals surface area contributed by atoms with Crippen LogP contribution in [0.2, 0.25) is 0 Å². The van der Waals surface area contributed by atoms with Crippen LogP contribution < -0.4 is 5.32 Å². The summed E-state index contributed by atoms with van der Waals surface area (Å²) in [6, 6.07) is 8.46. The molecule has 1 saturated heterocycles. The number of rotatable bonds is 5. The van der Waals surface area contributed by atoms with Gasteiger partial charge in [-0.3, -0.25) is 9.59 Å². The summed E-state index contributed by atoms with van der Waals surface area (Å²) in [6.07, 6.45) is -0.275. The zero-order chi connectivity index (χ0) is 19.4. The fraction of sp³-hybridized carbons (Fsp3) is 0.300. The molecule has 0 saturated carbocycles. The van der Waals surface area contributed by atoms with E-state index in [0.29, 0.717) is 31.3 Å². The lowest BCUT2D eigenvalue weighted by Gasteiger charge is -2.36. The average molecular weight is 376 g/mol. The lowest BCUT2D eigenvalue weighted by atomic mass is 10.0. The van der Waals surface area contributed by atoms with Gasteiger partial charge in [-0.1, -0.05) is 12.1 Å². The number of benzene rings is 2. The highest BCUT2D eigenvalue weighted by Crippen LogP contribution is 2.24. The number of amides is 1. The molecule has 27 heavy (non-hydrogen) atoms. The summed E-state index contributed by atoms with van der Waals surface area (Å²) in [6.45, 7) is 1.51. The van der Waals surface area contributed by atoms with Crippen molar-refractivity contribution in [2.75, 3.05) is 19.6 Å². The highest BCUT2D eigenvalue weighted by Gasteiger charge is 2.28. The van der Waals surface area contributed by atoms with Gasteiger partial charge in [0.2, 0.25) is 5.91 Å². The first-order chi connectivity index (χ1) is 13.0. The van der Waals surface area contributed by atoms with Gasteiger partial charge in [0.05, 0.1) is 11.6 Å². The summed E-state index contributed by atoms with van der Waals surface area (Å²) < 4.78 is 40.2. The highest BCUT2D eigenvalue weighted by atomic mass is 19.1. The van der Waals surface area contributed by atoms with Gasteiger partial charge < -0.3 is 10.2 Å². The standard InChI is InChI=1S/C20H19F3N2O2/c21-14-3-1-2-13(10-14)18-12-24-8-9-25(18)20(27)7-6-19(26)16-5-4-15(22)11-17(16)23/h1-5,10-11,18,24H,6-9,12H2. The topological polar surface area (TPSA) is 49.4 Å². The summed E-state index contributed by atoms with van der Waals surface area (Å²) in [5.41, 5.74) is 0.442. The van der Waals surface area contributed by atoms with Gasteiger partial charge in [0.15, 0.2) is 5.78 Å². The van der Waals surface area contributed by atoms with E-state index in [1.54, 1.807) is 17.0 Å². The second-order valence-corrected chi connectivity index (χ2v) is 6.41. The molecule has 1 unspecified atom stereocenters. The highest BCUT2D eigenvalue weighted by molar-refractivity contribution is 5.98. The molecule has 0 radical (unpaired) electrons. The van der Waals surface area contributed by atoms with Crippen LogP contribution in [0.25, 0.3) is 0 Å². The van der Waals surface area contributed by atoms with Crippen LogP contribution >= 0.6 is 0 Å². The molecule has 1 aliphatic heterocycles. The van der Waals surface area contributed by atoms with E-state index >= 15 is 0 Å². The Bertz CT molecular complexity index is 857. The van der Waals surface area contributed by atoms with E-state index in [2.05, 4.69) is 5.32 Å². The third-order valence-corrected chi connectivity index (χ3v) is 4.59. The Balaban J connectivity index is 1.67. The number of piperazine rings is 1. The van der Waals surface area contributed by atoms with E-state index in [1.165, 1.54) is 12.1 Å². The summed E-state index contributed by atoms with van der Waals surface area (Å²) in [7, 11) is 0. The van der Waals surface area contributed by atoms with Crippen LogP contribution in [0, 0.1) is 17.5 Å². The largest absolute Gasteiger partial charge is 0.333 e. The van der Waals surface area contributed by atoms with Crippen molar-refractivity contribution in [1.29, 1.82) is 0 Å². The van der Waals surface area contributed by atoms with Crippen molar-refractivity contribution in [1.82, 2.24) is 10.2 Å². The zero-order valence-corrected chi connectivity index (χ0v) is 14.6. The quantitative estimate of drug-likeness (QED) is 0.815. The maximum Gasteiger partial charge on any atom is 0.223 e. The molecule has 1 aliphatic rings. The molecule has 1 atom stereocenters. The molecule has 2 aromatic rings. The van der Waals surface area contributed by atoms with Gasteiger partial charge in [0.25, 0.3) is 0 Å². The second kappa shape index (κ2) is 8.35. The van der Waals surface area contributed by atoms with Crippen molar-refractivity contribution in [2.24, 2.45) is 0 Å². The van der Waals surface area contributed by atoms with Gasteiger partial charge in [0, 0.05) is 38.5 Å². The smallest absolute Gasteiger partial charge is 0.223 e. The van der Waals surface area contributed by atoms with E-state index < -0.39 is 17.4 Å². The number of hydrogen-bond acceptors (Lipinski definition) is 3. The predicted molar refractivity (Wildman–Crippen MR) is 93.6 cm³/mol. The average Bonchev–Trinajstić information content (AvgIpc) is 2.66. The molecule has 2 aromatic carbocycles. The van der Waals surface area contributed by atoms with Gasteiger partial charge in [-0.15, -0.1) is 0 Å². The molecule has 1 fully saturated rings. The Morgan fingerprint density at radius 3 is 2.56 bits per heavy atom. The van der Waals surface area contributed by atoms with Crippen LogP contribution in [0.15, 0.2) is 42.5 Å². The summed E-state index contributed by atoms with van der Waals surface area (Å²) in [5.74, 6) is -2.90. The van der Waals surface area contributed by atoms with Crippen LogP contribution in [-0.2, 0) is 4.79 Å². The van der Waals surface area contributed by atoms with Crippen LogP contribution in [0.1, 0.15) is 34.8 Å². The Labute approximate surface area is 155 Å². The van der Waals surface area contributed by atoms with Gasteiger partial charge in [0.1, 0.15) is 17.5 Å². The number of carbonyl (C=O) groups is 2. The minimum atomic E-state index is -0.938. The van der Waals surface area contributed by atoms with Crippen molar-refractivity contribution < 1.29 is 22.8 Å². The van der Waals surface area contributed by atoms with Gasteiger partial charge in [-0.25, -0.2) is 13.2 Å². The number of nitrogens with one attached hydrogen (secondary N) is 1. The monoisotopic (exact) mass is 376 g/mol. The van der Waals surface area contributed by atoms with Crippen LogP contribution in [0.3, 0.4) is 0 Å². The van der Waals surface area contributed by atoms with Crippen LogP contribution in [0.4, 0.5) is 13.2 Å². The van der Waals surface area contributed by atoms with Crippen molar-refractivity contribution in [2.45, 2.75) is 18.9 Å². The molecule has 4 nitrogen and oxygen atoms in total. The fourth-order valence-corrected chi connectivity index (χ4v) is 3.23. The van der Waals surface area contributed by atoms with Crippen molar-refractivity contribution >= 4 is 11.7 Å². The van der Waals surface area contributed by atoms with E-state index in [0.717, 1.165) is 12.1 Å². The first-order valence-electron chi connectivity index (χ1n) is 8.69. The fourth-order valence-electron chi connectivity index (χ4n) is 3.23. The number of hydrogen-bond donors (Lipinski definition) is 1. The molecule has 142 valence electrons. The second-order valence-electron chi connectivity index (χ2n) is 6.41. The first kappa shape index (κ1) is 19.1. The maximum atomic E-state index is 13.7. The van der Waals surface area contributed by atoms with Crippen LogP contribution in [-0.4, -0.2) is 36.2 Å². The Morgan fingerprint density at radius 2 is 1.81 bits per heavy atom. The van der Waals surface area contributed by atoms with Gasteiger partial charge >= 0.3 is 0 Å². The molecule has 0 bridgehead atoms. The van der Waals surface area contributed by atoms with E-state index in [9.17, 15) is 22.8 Å². The molecular formula is C20H19F3N2O2. The third kappa shape index (κ3) is 4.54. The van der Waals surface area contributed by atoms with Crippen LogP contribution in [0.5, 0.6) is 0 Å². The SMILES string of the molecule is O=C(CCC(=O)N1CCNCC1c1cccc(F)c1)c1ccc(F)cc1F. The van der Waals surface area contributed by atoms with Crippen molar-refractivity contribution in [3.05, 3.63) is 71.0 Å². The normalized spacial score (nSPS) is 17.0. The molecule has 1 N–H and O–H groups in total. The number of Topliss-reactive ketones (excluding diaryl/α,β-unsaturated/α-hetero) is 1. The number of nitrogens with zero attached hydrogens (tertiary/aromatic N) is 1. The predicted octanol–water partition coefficient (Wildman–Crippen LogP) is 3.24. The van der Waals surface area contributed by atoms with Gasteiger partial charge in [-0.2, -0.15) is 0 Å². The lowest BCUT2D eigenvalue weighted by Crippen LogP contribution is -2.48. The molecule has 7 heteroatoms. The summed E-state index contributed by atoms with van der Waals surface area (Å²) in [4.78, 5) is 26.4. The van der Waals surface area contributed by atoms with E-state index in [4.69, 9.17) is 0 Å². The van der Waals surface area contributed by atoms with E-state index in [1.807, 2.05) is 0 Å². The number of ketones is 1. The number of halogens is 3. The van der Waals surface area contributed by atoms with Crippen molar-refractivity contribution in [3.8, 4) is 0 Å². The minimum Gasteiger partial charge on any atom is -0.333 e. The molecular weight excluding hydrogens is 357 g/mol. The molecule has 3 rings (SSSR count). The van der Waals surface area contributed by atoms with Crippen molar-refractivity contribution in [3.63, 3.8) is 0 Å². The lowest BCUT2D eigenvalue weighted by molar-refractivity contribution is -0.134. The Morgan fingerprint density at radius 1 is 1.04 bits per heavy atom. The zero-order valence-electron chi connectivity index (χ0n) is 14.6. The molecule has 0 aliphatic carbocycles. The van der Waals surface area contributed by atoms with Gasteiger partial charge in [-0.05, 0) is 29.8 Å². The Kier molecular flexibility index (Phi) is 5.91. The molecule has 0 aromatic heterocycles. The summed E-state index contributed by atoms with van der Waals surface area (Å²) >= 11 is 0. The first-order valence-corrected chi connectivity index (χ1v) is 8.69. The molecule has 1 heterocycles. The van der Waals surface area contributed by atoms with E-state index in [-0.39, 0.29) is 36.2 Å². The third-order valence-electron chi connectivity index (χ3n) is 4.59. The summed E-state index contributed by atoms with van der Waals surface area (Å²) in [5, 5.41) is 3.17. The minimum absolute atomic E-state index is 0.0958. The molecule has 0 spiro atoms. The Hall–Kier alpha value is -2.67. The molecule has 1 amide bonds. The number of carbonyl (C=O) groups excluding carboxylic acids is 2. The maximum absolute atomic E-state index is 13.7.